The summed E-state index contributed by atoms with van der Waals surface area (Å²) in [6, 6.07) is 14.4. The molecule has 0 spiro atoms. The molecule has 0 amide bonds. The molecule has 0 aliphatic heterocycles. The molecule has 0 aliphatic carbocycles. The maximum atomic E-state index is 12.4. The number of carbonyl (C=O) groups is 1. The Kier molecular flexibility index (Phi) is 4.57. The Labute approximate surface area is 140 Å². The van der Waals surface area contributed by atoms with Crippen molar-refractivity contribution in [2.75, 3.05) is 12.9 Å². The first kappa shape index (κ1) is 16.1. The summed E-state index contributed by atoms with van der Waals surface area (Å²) in [7, 11) is 0.113. The molecule has 0 saturated carbocycles. The first-order valence-electron chi connectivity index (χ1n) is 7.16. The van der Waals surface area contributed by atoms with Gasteiger partial charge >= 0.3 is 5.63 Å². The fourth-order valence-electron chi connectivity index (χ4n) is 2.26. The predicted molar refractivity (Wildman–Crippen MR) is 91.1 cm³/mol. The van der Waals surface area contributed by atoms with Gasteiger partial charge in [-0.2, -0.15) is 0 Å². The van der Waals surface area contributed by atoms with Gasteiger partial charge in [-0.15, -0.1) is 0 Å². The molecule has 0 saturated heterocycles. The molecule has 0 fully saturated rings. The van der Waals surface area contributed by atoms with Gasteiger partial charge in [0.05, 0.1) is 23.7 Å². The molecule has 122 valence electrons. The maximum absolute atomic E-state index is 12.4. The van der Waals surface area contributed by atoms with E-state index < -0.39 is 16.4 Å². The lowest BCUT2D eigenvalue weighted by Crippen LogP contribution is -2.11. The molecule has 24 heavy (non-hydrogen) atoms. The summed E-state index contributed by atoms with van der Waals surface area (Å²) in [5.74, 6) is 0.310. The van der Waals surface area contributed by atoms with Gasteiger partial charge in [0.25, 0.3) is 0 Å². The summed E-state index contributed by atoms with van der Waals surface area (Å²) in [4.78, 5) is 24.1. The molecule has 1 atom stereocenters. The van der Waals surface area contributed by atoms with E-state index in [-0.39, 0.29) is 11.5 Å². The molecule has 0 radical (unpaired) electrons. The van der Waals surface area contributed by atoms with Crippen molar-refractivity contribution in [1.82, 2.24) is 0 Å². The van der Waals surface area contributed by atoms with Crippen molar-refractivity contribution in [2.45, 2.75) is 4.90 Å². The van der Waals surface area contributed by atoms with E-state index in [1.165, 1.54) is 6.07 Å². The van der Waals surface area contributed by atoms with Gasteiger partial charge in [0.2, 0.25) is 0 Å². The zero-order valence-corrected chi connectivity index (χ0v) is 13.7. The molecule has 5 nitrogen and oxygen atoms in total. The number of methoxy groups -OCH3 is 1. The standard InChI is InChI=1S/C18H14O5S/c1-22-14-4-6-15(7-5-14)24(21)11-16(19)12-2-8-17-13(10-12)3-9-18(20)23-17/h2-10H,11H2,1H3. The average Bonchev–Trinajstić information content (AvgIpc) is 2.61. The summed E-state index contributed by atoms with van der Waals surface area (Å²) in [6.07, 6.45) is 0. The highest BCUT2D eigenvalue weighted by Gasteiger charge is 2.13. The van der Waals surface area contributed by atoms with Crippen molar-refractivity contribution in [1.29, 1.82) is 0 Å². The summed E-state index contributed by atoms with van der Waals surface area (Å²) >= 11 is 0. The molecule has 3 aromatic rings. The van der Waals surface area contributed by atoms with E-state index in [1.54, 1.807) is 55.6 Å². The highest BCUT2D eigenvalue weighted by Crippen LogP contribution is 2.17. The van der Waals surface area contributed by atoms with Crippen LogP contribution in [0, 0.1) is 0 Å². The van der Waals surface area contributed by atoms with E-state index in [0.717, 1.165) is 0 Å². The zero-order chi connectivity index (χ0) is 17.1. The second kappa shape index (κ2) is 6.80. The number of carbonyl (C=O) groups excluding carboxylic acids is 1. The number of fused-ring (bicyclic) bond motifs is 1. The lowest BCUT2D eigenvalue weighted by atomic mass is 10.1. The molecule has 1 unspecified atom stereocenters. The number of ether oxygens (including phenoxy) is 1. The molecule has 0 bridgehead atoms. The van der Waals surface area contributed by atoms with Crippen LogP contribution in [0.3, 0.4) is 0 Å². The minimum atomic E-state index is -1.44. The number of Topliss-reactive ketones (excluding diaryl/α,β-unsaturated/α-hetero) is 1. The van der Waals surface area contributed by atoms with Crippen LogP contribution in [0.5, 0.6) is 5.75 Å². The highest BCUT2D eigenvalue weighted by atomic mass is 32.2. The van der Waals surface area contributed by atoms with E-state index in [0.29, 0.717) is 27.2 Å². The largest absolute Gasteiger partial charge is 0.497 e. The minimum Gasteiger partial charge on any atom is -0.497 e. The van der Waals surface area contributed by atoms with Gasteiger partial charge in [0.15, 0.2) is 5.78 Å². The quantitative estimate of drug-likeness (QED) is 0.526. The normalized spacial score (nSPS) is 12.0. The van der Waals surface area contributed by atoms with Gasteiger partial charge in [-0.25, -0.2) is 4.79 Å². The minimum absolute atomic E-state index is 0.116. The Balaban J connectivity index is 1.79. The predicted octanol–water partition coefficient (Wildman–Crippen LogP) is 2.79. The molecule has 0 N–H and O–H groups in total. The van der Waals surface area contributed by atoms with Crippen LogP contribution in [0.2, 0.25) is 0 Å². The fraction of sp³-hybridized carbons (Fsp3) is 0.111. The van der Waals surface area contributed by atoms with Crippen LogP contribution in [-0.2, 0) is 10.8 Å². The maximum Gasteiger partial charge on any atom is 0.336 e. The third-order valence-corrected chi connectivity index (χ3v) is 4.85. The zero-order valence-electron chi connectivity index (χ0n) is 12.9. The Bertz CT molecular complexity index is 973. The molecular weight excluding hydrogens is 328 g/mol. The number of ketones is 1. The van der Waals surface area contributed by atoms with Crippen LogP contribution in [0.4, 0.5) is 0 Å². The van der Waals surface area contributed by atoms with Gasteiger partial charge in [-0.05, 0) is 48.5 Å². The molecule has 0 aliphatic rings. The third kappa shape index (κ3) is 3.44. The monoisotopic (exact) mass is 342 g/mol. The molecule has 1 aromatic heterocycles. The van der Waals surface area contributed by atoms with Crippen molar-refractivity contribution in [3.63, 3.8) is 0 Å². The van der Waals surface area contributed by atoms with E-state index in [4.69, 9.17) is 9.15 Å². The Morgan fingerprint density at radius 1 is 1.08 bits per heavy atom. The van der Waals surface area contributed by atoms with E-state index in [1.807, 2.05) is 0 Å². The summed E-state index contributed by atoms with van der Waals surface area (Å²) in [5.41, 5.74) is 0.399. The van der Waals surface area contributed by atoms with Crippen molar-refractivity contribution in [2.24, 2.45) is 0 Å². The molecule has 3 rings (SSSR count). The average molecular weight is 342 g/mol. The molecule has 6 heteroatoms. The number of hydrogen-bond donors (Lipinski definition) is 0. The van der Waals surface area contributed by atoms with E-state index in [2.05, 4.69) is 0 Å². The fourth-order valence-corrected chi connectivity index (χ4v) is 3.27. The van der Waals surface area contributed by atoms with Crippen LogP contribution in [0.1, 0.15) is 10.4 Å². The van der Waals surface area contributed by atoms with Crippen molar-refractivity contribution >= 4 is 27.6 Å². The topological polar surface area (TPSA) is 73.6 Å². The van der Waals surface area contributed by atoms with Crippen LogP contribution in [-0.4, -0.2) is 22.9 Å². The Morgan fingerprint density at radius 2 is 1.83 bits per heavy atom. The second-order valence-electron chi connectivity index (χ2n) is 5.10. The van der Waals surface area contributed by atoms with Crippen molar-refractivity contribution in [3.8, 4) is 5.75 Å². The number of rotatable bonds is 5. The Hall–Kier alpha value is -2.73. The van der Waals surface area contributed by atoms with Gasteiger partial charge in [0, 0.05) is 21.9 Å². The van der Waals surface area contributed by atoms with Gasteiger partial charge in [0.1, 0.15) is 11.3 Å². The number of hydrogen-bond acceptors (Lipinski definition) is 5. The summed E-state index contributed by atoms with van der Waals surface area (Å²) in [5, 5.41) is 0.649. The second-order valence-corrected chi connectivity index (χ2v) is 6.55. The van der Waals surface area contributed by atoms with E-state index in [9.17, 15) is 13.8 Å². The first-order valence-corrected chi connectivity index (χ1v) is 8.48. The number of benzene rings is 2. The highest BCUT2D eigenvalue weighted by molar-refractivity contribution is 7.85. The molecular formula is C18H14O5S. The SMILES string of the molecule is COc1ccc(S(=O)CC(=O)c2ccc3oc(=O)ccc3c2)cc1. The molecule has 2 aromatic carbocycles. The van der Waals surface area contributed by atoms with Gasteiger partial charge < -0.3 is 9.15 Å². The summed E-state index contributed by atoms with van der Waals surface area (Å²) in [6.45, 7) is 0. The first-order chi connectivity index (χ1) is 11.6. The third-order valence-electron chi connectivity index (χ3n) is 3.53. The van der Waals surface area contributed by atoms with Crippen LogP contribution < -0.4 is 10.4 Å². The van der Waals surface area contributed by atoms with Gasteiger partial charge in [-0.1, -0.05) is 0 Å². The lowest BCUT2D eigenvalue weighted by Gasteiger charge is -2.05. The summed E-state index contributed by atoms with van der Waals surface area (Å²) < 4.78 is 22.4. The molecule has 1 heterocycles. The van der Waals surface area contributed by atoms with Crippen LogP contribution in [0.15, 0.2) is 68.7 Å². The Morgan fingerprint density at radius 3 is 2.54 bits per heavy atom. The lowest BCUT2D eigenvalue weighted by molar-refractivity contribution is 0.102. The van der Waals surface area contributed by atoms with E-state index >= 15 is 0 Å². The van der Waals surface area contributed by atoms with Crippen LogP contribution >= 0.6 is 0 Å². The van der Waals surface area contributed by atoms with Gasteiger partial charge in [-0.3, -0.25) is 9.00 Å². The van der Waals surface area contributed by atoms with Crippen molar-refractivity contribution in [3.05, 3.63) is 70.6 Å². The smallest absolute Gasteiger partial charge is 0.336 e. The van der Waals surface area contributed by atoms with Crippen molar-refractivity contribution < 1.29 is 18.2 Å². The van der Waals surface area contributed by atoms with Crippen LogP contribution in [0.25, 0.3) is 11.0 Å².